The van der Waals surface area contributed by atoms with Crippen molar-refractivity contribution in [2.24, 2.45) is 5.92 Å². The molecule has 2 saturated carbocycles. The third kappa shape index (κ3) is 3.99. The fourth-order valence-corrected chi connectivity index (χ4v) is 3.86. The first kappa shape index (κ1) is 15.8. The Morgan fingerprint density at radius 1 is 1.09 bits per heavy atom. The van der Waals surface area contributed by atoms with Gasteiger partial charge in [-0.1, -0.05) is 42.0 Å². The fraction of sp³-hybridized carbons (Fsp3) is 0.600. The fourth-order valence-electron chi connectivity index (χ4n) is 3.86. The molecule has 1 aromatic rings. The zero-order valence-corrected chi connectivity index (χ0v) is 14.3. The second kappa shape index (κ2) is 6.97. The average Bonchev–Trinajstić information content (AvgIpc) is 3.28. The maximum atomic E-state index is 3.91. The Kier molecular flexibility index (Phi) is 5.00. The zero-order valence-electron chi connectivity index (χ0n) is 14.3. The summed E-state index contributed by atoms with van der Waals surface area (Å²) in [7, 11) is 4.43. The number of hydrogen-bond acceptors (Lipinski definition) is 2. The van der Waals surface area contributed by atoms with Gasteiger partial charge in [0.1, 0.15) is 0 Å². The van der Waals surface area contributed by atoms with Crippen molar-refractivity contribution >= 4 is 6.08 Å². The monoisotopic (exact) mass is 298 g/mol. The molecule has 0 aromatic heterocycles. The average molecular weight is 298 g/mol. The van der Waals surface area contributed by atoms with E-state index >= 15 is 0 Å². The minimum Gasteiger partial charge on any atom is -0.311 e. The van der Waals surface area contributed by atoms with E-state index in [1.165, 1.54) is 43.2 Å². The minimum atomic E-state index is 0.723. The van der Waals surface area contributed by atoms with E-state index in [-0.39, 0.29) is 0 Å². The summed E-state index contributed by atoms with van der Waals surface area (Å²) in [6, 6.07) is 13.0. The van der Waals surface area contributed by atoms with Crippen LogP contribution in [-0.2, 0) is 0 Å². The molecule has 2 fully saturated rings. The van der Waals surface area contributed by atoms with Crippen LogP contribution in [0.3, 0.4) is 0 Å². The van der Waals surface area contributed by atoms with Gasteiger partial charge in [0.05, 0.1) is 0 Å². The summed E-state index contributed by atoms with van der Waals surface area (Å²) in [5, 5.41) is 3.91. The van der Waals surface area contributed by atoms with Gasteiger partial charge in [0.25, 0.3) is 0 Å². The van der Waals surface area contributed by atoms with Crippen LogP contribution in [0.25, 0.3) is 6.08 Å². The van der Waals surface area contributed by atoms with Crippen molar-refractivity contribution in [3.05, 3.63) is 41.5 Å². The normalized spacial score (nSPS) is 32.3. The molecule has 0 spiro atoms. The van der Waals surface area contributed by atoms with E-state index in [9.17, 15) is 0 Å². The Hall–Kier alpha value is -1.12. The van der Waals surface area contributed by atoms with Crippen LogP contribution in [0.1, 0.15) is 44.6 Å². The van der Waals surface area contributed by atoms with Crippen molar-refractivity contribution in [1.82, 2.24) is 10.2 Å². The first-order valence-electron chi connectivity index (χ1n) is 8.79. The Morgan fingerprint density at radius 3 is 2.41 bits per heavy atom. The highest BCUT2D eigenvalue weighted by atomic mass is 15.1. The van der Waals surface area contributed by atoms with Gasteiger partial charge in [-0.3, -0.25) is 0 Å². The molecule has 22 heavy (non-hydrogen) atoms. The Morgan fingerprint density at radius 2 is 1.77 bits per heavy atom. The molecule has 2 atom stereocenters. The molecule has 0 amide bonds. The molecular formula is C20H30N2. The van der Waals surface area contributed by atoms with Crippen molar-refractivity contribution in [2.75, 3.05) is 14.1 Å². The van der Waals surface area contributed by atoms with E-state index in [1.54, 1.807) is 0 Å². The van der Waals surface area contributed by atoms with Crippen molar-refractivity contribution in [3.8, 4) is 0 Å². The highest BCUT2D eigenvalue weighted by molar-refractivity contribution is 5.53. The van der Waals surface area contributed by atoms with E-state index in [0.29, 0.717) is 0 Å². The molecule has 2 heteroatoms. The number of nitrogens with one attached hydrogen (secondary N) is 1. The van der Waals surface area contributed by atoms with Gasteiger partial charge in [0.2, 0.25) is 0 Å². The number of nitrogens with zero attached hydrogens (tertiary/aromatic N) is 1. The van der Waals surface area contributed by atoms with Gasteiger partial charge < -0.3 is 10.2 Å². The van der Waals surface area contributed by atoms with Crippen LogP contribution < -0.4 is 5.32 Å². The first-order chi connectivity index (χ1) is 10.6. The molecule has 0 saturated heterocycles. The standard InChI is InChI=1S/C20H30N2/c1-15(13-16-7-5-4-6-8-16)19-14-20(19)21-17-9-11-18(12-10-17)22(2)3/h4-8,13,17-21H,9-12,14H2,1-3H3/b15-13+/t17?,18?,19-,20?/m0/s1. The molecule has 3 rings (SSSR count). The SMILES string of the molecule is C/C(=C\c1ccccc1)[C@@H]1CC1NC1CCC(N(C)C)CC1. The zero-order chi connectivity index (χ0) is 15.5. The summed E-state index contributed by atoms with van der Waals surface area (Å²) in [5.41, 5.74) is 2.86. The van der Waals surface area contributed by atoms with Gasteiger partial charge in [-0.25, -0.2) is 0 Å². The topological polar surface area (TPSA) is 15.3 Å². The van der Waals surface area contributed by atoms with Crippen LogP contribution >= 0.6 is 0 Å². The van der Waals surface area contributed by atoms with Gasteiger partial charge >= 0.3 is 0 Å². The largest absolute Gasteiger partial charge is 0.311 e. The van der Waals surface area contributed by atoms with Crippen molar-refractivity contribution < 1.29 is 0 Å². The Labute approximate surface area is 135 Å². The Balaban J connectivity index is 1.46. The maximum absolute atomic E-state index is 3.91. The van der Waals surface area contributed by atoms with Crippen LogP contribution in [-0.4, -0.2) is 37.1 Å². The molecule has 0 radical (unpaired) electrons. The summed E-state index contributed by atoms with van der Waals surface area (Å²) in [6.07, 6.45) is 9.06. The molecule has 0 bridgehead atoms. The molecule has 0 heterocycles. The molecule has 1 unspecified atom stereocenters. The predicted molar refractivity (Wildman–Crippen MR) is 94.9 cm³/mol. The Bertz CT molecular complexity index is 498. The van der Waals surface area contributed by atoms with Crippen molar-refractivity contribution in [3.63, 3.8) is 0 Å². The van der Waals surface area contributed by atoms with Crippen LogP contribution in [0.4, 0.5) is 0 Å². The lowest BCUT2D eigenvalue weighted by Gasteiger charge is -2.33. The minimum absolute atomic E-state index is 0.723. The highest BCUT2D eigenvalue weighted by Crippen LogP contribution is 2.39. The lowest BCUT2D eigenvalue weighted by atomic mass is 9.90. The molecule has 2 aliphatic rings. The second-order valence-electron chi connectivity index (χ2n) is 7.38. The summed E-state index contributed by atoms with van der Waals surface area (Å²) in [4.78, 5) is 2.39. The van der Waals surface area contributed by atoms with E-state index in [1.807, 2.05) is 0 Å². The molecule has 0 aliphatic heterocycles. The first-order valence-corrected chi connectivity index (χ1v) is 8.79. The third-order valence-corrected chi connectivity index (χ3v) is 5.45. The van der Waals surface area contributed by atoms with E-state index in [4.69, 9.17) is 0 Å². The summed E-state index contributed by atoms with van der Waals surface area (Å²) in [5.74, 6) is 0.756. The molecular weight excluding hydrogens is 268 g/mol. The molecule has 120 valence electrons. The van der Waals surface area contributed by atoms with Crippen LogP contribution in [0, 0.1) is 5.92 Å². The smallest absolute Gasteiger partial charge is 0.0142 e. The van der Waals surface area contributed by atoms with Gasteiger partial charge in [0.15, 0.2) is 0 Å². The van der Waals surface area contributed by atoms with Gasteiger partial charge in [-0.15, -0.1) is 0 Å². The lowest BCUT2D eigenvalue weighted by molar-refractivity contribution is 0.203. The van der Waals surface area contributed by atoms with Crippen LogP contribution in [0.2, 0.25) is 0 Å². The number of rotatable bonds is 5. The highest BCUT2D eigenvalue weighted by Gasteiger charge is 2.39. The van der Waals surface area contributed by atoms with Crippen molar-refractivity contribution in [2.45, 2.75) is 57.2 Å². The summed E-state index contributed by atoms with van der Waals surface area (Å²) >= 11 is 0. The van der Waals surface area contributed by atoms with E-state index in [0.717, 1.165) is 24.0 Å². The van der Waals surface area contributed by atoms with Crippen LogP contribution in [0.5, 0.6) is 0 Å². The molecule has 2 aliphatic carbocycles. The van der Waals surface area contributed by atoms with E-state index < -0.39 is 0 Å². The van der Waals surface area contributed by atoms with Gasteiger partial charge in [-0.05, 0) is 64.6 Å². The van der Waals surface area contributed by atoms with E-state index in [2.05, 4.69) is 67.6 Å². The molecule has 2 nitrogen and oxygen atoms in total. The molecule has 1 aromatic carbocycles. The second-order valence-corrected chi connectivity index (χ2v) is 7.38. The quantitative estimate of drug-likeness (QED) is 0.885. The lowest BCUT2D eigenvalue weighted by Crippen LogP contribution is -2.40. The summed E-state index contributed by atoms with van der Waals surface area (Å²) < 4.78 is 0. The third-order valence-electron chi connectivity index (χ3n) is 5.45. The predicted octanol–water partition coefficient (Wildman–Crippen LogP) is 3.94. The summed E-state index contributed by atoms with van der Waals surface area (Å²) in [6.45, 7) is 2.29. The molecule has 1 N–H and O–H groups in total. The number of benzene rings is 1. The van der Waals surface area contributed by atoms with Gasteiger partial charge in [-0.2, -0.15) is 0 Å². The number of hydrogen-bond donors (Lipinski definition) is 1. The van der Waals surface area contributed by atoms with Gasteiger partial charge in [0, 0.05) is 18.1 Å². The maximum Gasteiger partial charge on any atom is 0.0142 e. The van der Waals surface area contributed by atoms with Crippen LogP contribution in [0.15, 0.2) is 35.9 Å². The van der Waals surface area contributed by atoms with Crippen molar-refractivity contribution in [1.29, 1.82) is 0 Å².